The summed E-state index contributed by atoms with van der Waals surface area (Å²) in [7, 11) is 3.54. The highest BCUT2D eigenvalue weighted by Crippen LogP contribution is 2.28. The molecular formula is C15H18N4O2. The van der Waals surface area contributed by atoms with Gasteiger partial charge in [-0.05, 0) is 24.1 Å². The first-order valence-corrected chi connectivity index (χ1v) is 6.61. The Morgan fingerprint density at radius 3 is 2.62 bits per heavy atom. The van der Waals surface area contributed by atoms with E-state index >= 15 is 0 Å². The van der Waals surface area contributed by atoms with Crippen LogP contribution in [0.3, 0.4) is 0 Å². The smallest absolute Gasteiger partial charge is 0.311 e. The van der Waals surface area contributed by atoms with E-state index in [9.17, 15) is 10.1 Å². The van der Waals surface area contributed by atoms with E-state index in [1.165, 1.54) is 6.07 Å². The molecule has 1 N–H and O–H groups in total. The molecule has 0 unspecified atom stereocenters. The Morgan fingerprint density at radius 2 is 2.00 bits per heavy atom. The largest absolute Gasteiger partial charge is 0.373 e. The Hall–Kier alpha value is -2.63. The fraction of sp³-hybridized carbons (Fsp3) is 0.267. The van der Waals surface area contributed by atoms with Crippen LogP contribution in [0, 0.1) is 17.0 Å². The predicted molar refractivity (Wildman–Crippen MR) is 83.7 cm³/mol. The number of nitrogens with zero attached hydrogens (tertiary/aromatic N) is 3. The lowest BCUT2D eigenvalue weighted by atomic mass is 10.1. The van der Waals surface area contributed by atoms with Crippen LogP contribution in [0.2, 0.25) is 0 Å². The summed E-state index contributed by atoms with van der Waals surface area (Å²) in [5.41, 5.74) is 2.27. The van der Waals surface area contributed by atoms with Crippen molar-refractivity contribution in [3.63, 3.8) is 0 Å². The average Bonchev–Trinajstić information content (AvgIpc) is 2.48. The molecule has 0 saturated heterocycles. The molecule has 110 valence electrons. The molecule has 2 aromatic rings. The lowest BCUT2D eigenvalue weighted by molar-refractivity contribution is -0.384. The fourth-order valence-corrected chi connectivity index (χ4v) is 2.12. The molecule has 0 amide bonds. The molecular weight excluding hydrogens is 268 g/mol. The zero-order valence-corrected chi connectivity index (χ0v) is 12.3. The van der Waals surface area contributed by atoms with E-state index in [1.807, 2.05) is 31.2 Å². The first kappa shape index (κ1) is 14.8. The Labute approximate surface area is 123 Å². The highest BCUT2D eigenvalue weighted by Gasteiger charge is 2.20. The van der Waals surface area contributed by atoms with Crippen LogP contribution >= 0.6 is 0 Å². The maximum Gasteiger partial charge on any atom is 0.311 e. The van der Waals surface area contributed by atoms with Gasteiger partial charge in [-0.15, -0.1) is 0 Å². The molecule has 0 aliphatic heterocycles. The normalized spacial score (nSPS) is 10.2. The molecule has 0 atom stereocenters. The van der Waals surface area contributed by atoms with Gasteiger partial charge in [0.1, 0.15) is 5.82 Å². The Bertz CT molecular complexity index is 658. The maximum absolute atomic E-state index is 11.2. The first-order valence-electron chi connectivity index (χ1n) is 6.61. The van der Waals surface area contributed by atoms with E-state index in [4.69, 9.17) is 0 Å². The topological polar surface area (TPSA) is 71.3 Å². The van der Waals surface area contributed by atoms with Gasteiger partial charge in [-0.1, -0.05) is 24.3 Å². The third-order valence-electron chi connectivity index (χ3n) is 3.34. The summed E-state index contributed by atoms with van der Waals surface area (Å²) in [4.78, 5) is 16.9. The van der Waals surface area contributed by atoms with Crippen LogP contribution in [-0.2, 0) is 6.54 Å². The summed E-state index contributed by atoms with van der Waals surface area (Å²) in [6.45, 7) is 2.59. The van der Waals surface area contributed by atoms with Crippen molar-refractivity contribution in [2.24, 2.45) is 0 Å². The van der Waals surface area contributed by atoms with Gasteiger partial charge >= 0.3 is 5.69 Å². The minimum absolute atomic E-state index is 0.00471. The van der Waals surface area contributed by atoms with Gasteiger partial charge in [0.2, 0.25) is 5.82 Å². The van der Waals surface area contributed by atoms with Gasteiger partial charge in [-0.3, -0.25) is 10.1 Å². The Balaban J connectivity index is 2.35. The van der Waals surface area contributed by atoms with Gasteiger partial charge in [-0.25, -0.2) is 4.98 Å². The number of pyridine rings is 1. The van der Waals surface area contributed by atoms with Gasteiger partial charge in [0.05, 0.1) is 4.92 Å². The molecule has 0 radical (unpaired) electrons. The van der Waals surface area contributed by atoms with Gasteiger partial charge in [0.15, 0.2) is 0 Å². The van der Waals surface area contributed by atoms with Crippen molar-refractivity contribution in [2.45, 2.75) is 13.5 Å². The predicted octanol–water partition coefficient (Wildman–Crippen LogP) is 2.98. The second-order valence-corrected chi connectivity index (χ2v) is 4.83. The lowest BCUT2D eigenvalue weighted by Gasteiger charge is -2.19. The van der Waals surface area contributed by atoms with Crippen molar-refractivity contribution in [3.8, 4) is 0 Å². The van der Waals surface area contributed by atoms with Gasteiger partial charge in [-0.2, -0.15) is 0 Å². The summed E-state index contributed by atoms with van der Waals surface area (Å²) >= 11 is 0. The highest BCUT2D eigenvalue weighted by atomic mass is 16.6. The second kappa shape index (κ2) is 6.21. The fourth-order valence-electron chi connectivity index (χ4n) is 2.12. The molecule has 1 aromatic heterocycles. The van der Waals surface area contributed by atoms with E-state index < -0.39 is 4.92 Å². The molecule has 0 bridgehead atoms. The number of hydrogen-bond donors (Lipinski definition) is 1. The zero-order valence-electron chi connectivity index (χ0n) is 12.3. The molecule has 1 aromatic carbocycles. The van der Waals surface area contributed by atoms with Crippen molar-refractivity contribution in [1.29, 1.82) is 0 Å². The van der Waals surface area contributed by atoms with Crippen LogP contribution < -0.4 is 10.2 Å². The third-order valence-corrected chi connectivity index (χ3v) is 3.34. The monoisotopic (exact) mass is 286 g/mol. The summed E-state index contributed by atoms with van der Waals surface area (Å²) in [6, 6.07) is 11.0. The van der Waals surface area contributed by atoms with Crippen molar-refractivity contribution in [2.75, 3.05) is 24.3 Å². The zero-order chi connectivity index (χ0) is 15.4. The van der Waals surface area contributed by atoms with Crippen molar-refractivity contribution in [3.05, 3.63) is 57.6 Å². The summed E-state index contributed by atoms with van der Waals surface area (Å²) in [5.74, 6) is 0.960. The standard InChI is InChI=1S/C15H18N4O2/c1-11-6-4-5-7-12(11)10-18(3)15-13(19(20)21)8-9-14(16-2)17-15/h4-9H,10H2,1-3H3,(H,16,17). The molecule has 2 rings (SSSR count). The van der Waals surface area contributed by atoms with Crippen LogP contribution in [0.1, 0.15) is 11.1 Å². The molecule has 0 spiro atoms. The van der Waals surface area contributed by atoms with Crippen LogP contribution in [0.4, 0.5) is 17.3 Å². The highest BCUT2D eigenvalue weighted by molar-refractivity contribution is 5.61. The molecule has 6 nitrogen and oxygen atoms in total. The van der Waals surface area contributed by atoms with E-state index in [-0.39, 0.29) is 5.69 Å². The minimum Gasteiger partial charge on any atom is -0.373 e. The molecule has 0 aliphatic carbocycles. The van der Waals surface area contributed by atoms with Crippen LogP contribution in [0.25, 0.3) is 0 Å². The number of nitrogens with one attached hydrogen (secondary N) is 1. The lowest BCUT2D eigenvalue weighted by Crippen LogP contribution is -2.20. The van der Waals surface area contributed by atoms with Gasteiger partial charge in [0, 0.05) is 26.7 Å². The molecule has 0 aliphatic rings. The van der Waals surface area contributed by atoms with Crippen LogP contribution in [0.15, 0.2) is 36.4 Å². The quantitative estimate of drug-likeness (QED) is 0.676. The number of hydrogen-bond acceptors (Lipinski definition) is 5. The Morgan fingerprint density at radius 1 is 1.29 bits per heavy atom. The van der Waals surface area contributed by atoms with E-state index in [2.05, 4.69) is 10.3 Å². The number of aryl methyl sites for hydroxylation is 1. The van der Waals surface area contributed by atoms with Crippen molar-refractivity contribution >= 4 is 17.3 Å². The van der Waals surface area contributed by atoms with E-state index in [1.54, 1.807) is 25.1 Å². The van der Waals surface area contributed by atoms with Crippen LogP contribution in [-0.4, -0.2) is 24.0 Å². The molecule has 0 saturated carbocycles. The number of aromatic nitrogens is 1. The molecule has 6 heteroatoms. The molecule has 21 heavy (non-hydrogen) atoms. The Kier molecular flexibility index (Phi) is 4.37. The number of nitro groups is 1. The summed E-state index contributed by atoms with van der Waals surface area (Å²) in [6.07, 6.45) is 0. The van der Waals surface area contributed by atoms with Gasteiger partial charge < -0.3 is 10.2 Å². The number of benzene rings is 1. The van der Waals surface area contributed by atoms with E-state index in [0.29, 0.717) is 18.2 Å². The SMILES string of the molecule is CNc1ccc([N+](=O)[O-])c(N(C)Cc2ccccc2C)n1. The molecule has 0 fully saturated rings. The summed E-state index contributed by atoms with van der Waals surface area (Å²) < 4.78 is 0. The van der Waals surface area contributed by atoms with Crippen LogP contribution in [0.5, 0.6) is 0 Å². The van der Waals surface area contributed by atoms with E-state index in [0.717, 1.165) is 11.1 Å². The third kappa shape index (κ3) is 3.28. The molecule has 1 heterocycles. The minimum atomic E-state index is -0.407. The summed E-state index contributed by atoms with van der Waals surface area (Å²) in [5, 5.41) is 14.1. The average molecular weight is 286 g/mol. The second-order valence-electron chi connectivity index (χ2n) is 4.83. The maximum atomic E-state index is 11.2. The number of anilines is 2. The number of rotatable bonds is 5. The van der Waals surface area contributed by atoms with Gasteiger partial charge in [0.25, 0.3) is 0 Å². The first-order chi connectivity index (χ1) is 10.0. The van der Waals surface area contributed by atoms with Crippen molar-refractivity contribution in [1.82, 2.24) is 4.98 Å². The van der Waals surface area contributed by atoms with Crippen molar-refractivity contribution < 1.29 is 4.92 Å².